The zero-order chi connectivity index (χ0) is 10.9. The average Bonchev–Trinajstić information content (AvgIpc) is 2.26. The lowest BCUT2D eigenvalue weighted by atomic mass is 9.92. The highest BCUT2D eigenvalue weighted by molar-refractivity contribution is 5.64. The number of nitrogens with one attached hydrogen (secondary N) is 1. The molecular formula is C13H21N. The van der Waals surface area contributed by atoms with Crippen molar-refractivity contribution in [2.75, 3.05) is 0 Å². The van der Waals surface area contributed by atoms with Gasteiger partial charge in [-0.05, 0) is 43.4 Å². The van der Waals surface area contributed by atoms with Gasteiger partial charge in [0.25, 0.3) is 0 Å². The second-order valence-electron chi connectivity index (χ2n) is 5.20. The number of allylic oxidation sites excluding steroid dienone is 2. The third-order valence-corrected chi connectivity index (χ3v) is 2.19. The fourth-order valence-corrected chi connectivity index (χ4v) is 1.86. The zero-order valence-electron chi connectivity index (χ0n) is 10.2. The Hall–Kier alpha value is -0.980. The molecule has 78 valence electrons. The quantitative estimate of drug-likeness (QED) is 0.688. The summed E-state index contributed by atoms with van der Waals surface area (Å²) in [5, 5.41) is 0. The highest BCUT2D eigenvalue weighted by Gasteiger charge is 2.09. The Labute approximate surface area is 87.2 Å². The molecular weight excluding hydrogens is 170 g/mol. The molecule has 14 heavy (non-hydrogen) atoms. The molecule has 0 amide bonds. The Balaban J connectivity index is 3.06. The molecule has 1 N–H and O–H groups in total. The van der Waals surface area contributed by atoms with E-state index < -0.39 is 0 Å². The fourth-order valence-electron chi connectivity index (χ4n) is 1.86. The molecule has 1 heterocycles. The van der Waals surface area contributed by atoms with Crippen molar-refractivity contribution in [3.05, 3.63) is 29.1 Å². The minimum absolute atomic E-state index is 0.246. The first-order valence-electron chi connectivity index (χ1n) is 5.15. The molecule has 0 aliphatic carbocycles. The minimum atomic E-state index is 0.246. The molecule has 1 rings (SSSR count). The van der Waals surface area contributed by atoms with E-state index in [1.54, 1.807) is 0 Å². The molecule has 1 aromatic heterocycles. The lowest BCUT2D eigenvalue weighted by Crippen LogP contribution is -2.00. The molecule has 0 unspecified atom stereocenters. The Morgan fingerprint density at radius 2 is 1.86 bits per heavy atom. The predicted molar refractivity (Wildman–Crippen MR) is 63.4 cm³/mol. The second-order valence-corrected chi connectivity index (χ2v) is 5.20. The molecule has 0 atom stereocenters. The van der Waals surface area contributed by atoms with Crippen LogP contribution in [0.2, 0.25) is 0 Å². The van der Waals surface area contributed by atoms with Gasteiger partial charge in [0.2, 0.25) is 0 Å². The Morgan fingerprint density at radius 3 is 2.21 bits per heavy atom. The topological polar surface area (TPSA) is 15.8 Å². The van der Waals surface area contributed by atoms with Crippen LogP contribution in [-0.4, -0.2) is 4.98 Å². The normalized spacial score (nSPS) is 13.4. The van der Waals surface area contributed by atoms with E-state index >= 15 is 0 Å². The molecule has 0 bridgehead atoms. The van der Waals surface area contributed by atoms with Crippen LogP contribution in [0.1, 0.15) is 44.6 Å². The lowest BCUT2D eigenvalue weighted by Gasteiger charge is -2.14. The summed E-state index contributed by atoms with van der Waals surface area (Å²) in [4.78, 5) is 3.40. The van der Waals surface area contributed by atoms with Crippen LogP contribution in [-0.2, 0) is 0 Å². The van der Waals surface area contributed by atoms with Gasteiger partial charge in [-0.2, -0.15) is 0 Å². The molecule has 0 saturated heterocycles. The summed E-state index contributed by atoms with van der Waals surface area (Å²) in [6.45, 7) is 13.1. The van der Waals surface area contributed by atoms with E-state index in [1.807, 2.05) is 0 Å². The summed E-state index contributed by atoms with van der Waals surface area (Å²) in [6, 6.07) is 2.19. The van der Waals surface area contributed by atoms with Crippen molar-refractivity contribution in [1.82, 2.24) is 4.98 Å². The Morgan fingerprint density at radius 1 is 1.29 bits per heavy atom. The van der Waals surface area contributed by atoms with Gasteiger partial charge >= 0.3 is 0 Å². The third-order valence-electron chi connectivity index (χ3n) is 2.19. The first-order valence-corrected chi connectivity index (χ1v) is 5.15. The van der Waals surface area contributed by atoms with Gasteiger partial charge in [0.1, 0.15) is 0 Å². The van der Waals surface area contributed by atoms with Crippen LogP contribution in [0.15, 0.2) is 12.1 Å². The molecule has 0 aromatic carbocycles. The monoisotopic (exact) mass is 191 g/mol. The number of hydrogen-bond donors (Lipinski definition) is 1. The number of rotatable bonds is 1. The van der Waals surface area contributed by atoms with Gasteiger partial charge in [0.05, 0.1) is 0 Å². The van der Waals surface area contributed by atoms with Gasteiger partial charge in [-0.1, -0.05) is 26.8 Å². The zero-order valence-corrected chi connectivity index (χ0v) is 10.2. The predicted octanol–water partition coefficient (Wildman–Crippen LogP) is 4.08. The summed E-state index contributed by atoms with van der Waals surface area (Å²) in [5.74, 6) is 0. The fraction of sp³-hybridized carbons (Fsp3) is 0.538. The van der Waals surface area contributed by atoms with Gasteiger partial charge in [0.15, 0.2) is 0 Å². The molecule has 0 aliphatic heterocycles. The molecule has 0 spiro atoms. The second kappa shape index (κ2) is 3.64. The van der Waals surface area contributed by atoms with Gasteiger partial charge in [0, 0.05) is 11.4 Å². The lowest BCUT2D eigenvalue weighted by molar-refractivity contribution is 0.545. The molecule has 1 heteroatoms. The highest BCUT2D eigenvalue weighted by Crippen LogP contribution is 2.24. The van der Waals surface area contributed by atoms with Crippen molar-refractivity contribution in [1.29, 1.82) is 0 Å². The van der Waals surface area contributed by atoms with Crippen molar-refractivity contribution < 1.29 is 0 Å². The number of aryl methyl sites for hydroxylation is 2. The number of hydrogen-bond acceptors (Lipinski definition) is 0. The van der Waals surface area contributed by atoms with Gasteiger partial charge in [-0.15, -0.1) is 0 Å². The van der Waals surface area contributed by atoms with E-state index in [9.17, 15) is 0 Å². The van der Waals surface area contributed by atoms with Gasteiger partial charge in [-0.25, -0.2) is 0 Å². The summed E-state index contributed by atoms with van der Waals surface area (Å²) in [7, 11) is 0. The largest absolute Gasteiger partial charge is 0.359 e. The van der Waals surface area contributed by atoms with Crippen LogP contribution in [0, 0.1) is 19.3 Å². The minimum Gasteiger partial charge on any atom is -0.359 e. The van der Waals surface area contributed by atoms with Crippen molar-refractivity contribution in [3.63, 3.8) is 0 Å². The van der Waals surface area contributed by atoms with Crippen LogP contribution in [0.3, 0.4) is 0 Å². The first kappa shape index (κ1) is 11.1. The van der Waals surface area contributed by atoms with Crippen molar-refractivity contribution in [3.8, 4) is 0 Å². The third kappa shape index (κ3) is 2.76. The van der Waals surface area contributed by atoms with Gasteiger partial charge < -0.3 is 4.98 Å². The number of aromatic nitrogens is 1. The van der Waals surface area contributed by atoms with Crippen molar-refractivity contribution >= 4 is 5.57 Å². The van der Waals surface area contributed by atoms with E-state index in [0.717, 1.165) is 0 Å². The average molecular weight is 191 g/mol. The molecule has 0 aliphatic rings. The van der Waals surface area contributed by atoms with Crippen LogP contribution >= 0.6 is 0 Å². The maximum atomic E-state index is 3.40. The van der Waals surface area contributed by atoms with E-state index in [2.05, 4.69) is 58.7 Å². The first-order chi connectivity index (χ1) is 6.29. The van der Waals surface area contributed by atoms with E-state index in [0.29, 0.717) is 0 Å². The van der Waals surface area contributed by atoms with Crippen LogP contribution in [0.5, 0.6) is 0 Å². The molecule has 0 radical (unpaired) electrons. The Bertz CT molecular complexity index is 348. The summed E-state index contributed by atoms with van der Waals surface area (Å²) >= 11 is 0. The maximum absolute atomic E-state index is 3.40. The molecule has 0 saturated carbocycles. The summed E-state index contributed by atoms with van der Waals surface area (Å²) in [6.07, 6.45) is 2.31. The van der Waals surface area contributed by atoms with Gasteiger partial charge in [-0.3, -0.25) is 0 Å². The molecule has 0 fully saturated rings. The molecule has 1 aromatic rings. The smallest absolute Gasteiger partial charge is 0.0438 e. The molecule has 1 nitrogen and oxygen atoms in total. The van der Waals surface area contributed by atoms with Crippen LogP contribution in [0.25, 0.3) is 5.57 Å². The number of H-pyrrole nitrogens is 1. The van der Waals surface area contributed by atoms with E-state index in [4.69, 9.17) is 0 Å². The van der Waals surface area contributed by atoms with Crippen LogP contribution < -0.4 is 0 Å². The van der Waals surface area contributed by atoms with E-state index in [1.165, 1.54) is 22.5 Å². The highest BCUT2D eigenvalue weighted by atomic mass is 14.7. The summed E-state index contributed by atoms with van der Waals surface area (Å²) < 4.78 is 0. The number of aromatic amines is 1. The standard InChI is InChI=1S/C13H21N/c1-9-7-11(3)14-12(9)10(2)8-13(4,5)6/h7-8,14H,1-6H3/b10-8+. The Kier molecular flexibility index (Phi) is 2.89. The maximum Gasteiger partial charge on any atom is 0.0438 e. The van der Waals surface area contributed by atoms with E-state index in [-0.39, 0.29) is 5.41 Å². The van der Waals surface area contributed by atoms with Crippen molar-refractivity contribution in [2.45, 2.75) is 41.5 Å². The SMILES string of the molecule is C/C(=C\C(C)(C)C)c1[nH]c(C)cc1C. The van der Waals surface area contributed by atoms with Crippen LogP contribution in [0.4, 0.5) is 0 Å². The van der Waals surface area contributed by atoms with Crippen molar-refractivity contribution in [2.24, 2.45) is 5.41 Å². The summed E-state index contributed by atoms with van der Waals surface area (Å²) in [5.41, 5.74) is 5.43.